The maximum absolute atomic E-state index is 17.1. The van der Waals surface area contributed by atoms with Crippen LogP contribution in [0.3, 0.4) is 0 Å². The Labute approximate surface area is 820 Å². The molecule has 39 nitrogen and oxygen atoms in total. The van der Waals surface area contributed by atoms with E-state index in [1.165, 1.54) is 83.3 Å². The average molecular weight is 1990 g/mol. The number of benzene rings is 5. The Balaban J connectivity index is 0.990. The standard InChI is InChI=1S/C101H131ClN8O31/c1-44(2)25-63(110(16)96(130)141-99(11,12)13)91(126)106-79-66(115)33-55(36-73(103)118)89(124)104-77-54-34-70(85(71(35-54)134-69-24-20-51(81(79)119)32-62(69)102)138-93-86(83(121)82(120)72(43-111)135-93)137-75-42-101(15,88(123)46(4)132-75)109-95(129)140-98(8,9)10)133-57-21-17-49(18-22-57)84(136-74-41-100(14,87(122)45(3)131-74)108-94(128)139-97(5,6)7)80-92(127)105-78(68(117)39-58-52-27-47-26-48(29-52)30-53(58)28-47)61-37-56(112)38-65(114)76(61)60-31-50(19-23-64(60)113)59(40-67(77)116)90(125)107-80/h17-24,31-32,34-35,37-38,44-48,52-53,55,58-59,63,72,74-75,77-84,86-88,93,111-114,119-123H,25-30,33,36,39-43H2,1-16H3,(H2,103,118)(H,104,124)(H,105,127)(H,106,126)(H,107,125)(H,108,128)(H,109,129)/t45?,46?,47?,48?,52?,53?,55-,58?,59+,63+,72?,74?,75?,77+,78-,79-,80+,81+,82?,83?,84+,86?,87?,88?,93?,100?,101?/m0/s1. The third-order valence-electron chi connectivity index (χ3n) is 27.9. The highest BCUT2D eigenvalue weighted by Gasteiger charge is 2.56. The number of fused-ring (bicyclic) bond motifs is 15. The van der Waals surface area contributed by atoms with Gasteiger partial charge in [-0.1, -0.05) is 49.7 Å². The first kappa shape index (κ1) is 106. The lowest BCUT2D eigenvalue weighted by molar-refractivity contribution is -0.334. The second-order valence-electron chi connectivity index (χ2n) is 43.0. The number of hydrogen-bond donors (Lipinski definition) is 16. The van der Waals surface area contributed by atoms with Crippen LogP contribution in [-0.2, 0) is 76.3 Å². The van der Waals surface area contributed by atoms with E-state index in [1.807, 2.05) is 0 Å². The van der Waals surface area contributed by atoms with Crippen molar-refractivity contribution in [2.45, 2.75) is 325 Å². The van der Waals surface area contributed by atoms with Gasteiger partial charge < -0.3 is 136 Å². The second-order valence-corrected chi connectivity index (χ2v) is 43.4. The number of carbonyl (C=O) groups excluding carboxylic acids is 11. The van der Waals surface area contributed by atoms with Crippen molar-refractivity contribution in [3.05, 3.63) is 118 Å². The smallest absolute Gasteiger partial charge is 0.410 e. The van der Waals surface area contributed by atoms with Gasteiger partial charge in [-0.15, -0.1) is 0 Å². The van der Waals surface area contributed by atoms with E-state index in [9.17, 15) is 65.1 Å². The first-order valence-corrected chi connectivity index (χ1v) is 48.2. The number of phenols is 3. The van der Waals surface area contributed by atoms with E-state index < -0.39 is 299 Å². The Hall–Kier alpha value is -11.1. The van der Waals surface area contributed by atoms with Crippen LogP contribution in [0.5, 0.6) is 46.0 Å². The number of nitrogens with zero attached hydrogens (tertiary/aromatic N) is 1. The van der Waals surface area contributed by atoms with Crippen LogP contribution < -0.4 is 51.8 Å². The Morgan fingerprint density at radius 2 is 1.19 bits per heavy atom. The van der Waals surface area contributed by atoms with Crippen molar-refractivity contribution in [2.24, 2.45) is 47.2 Å². The molecule has 7 fully saturated rings. The van der Waals surface area contributed by atoms with Crippen molar-refractivity contribution in [2.75, 3.05) is 13.7 Å². The molecular formula is C101H131ClN8O31. The van der Waals surface area contributed by atoms with E-state index >= 15 is 33.6 Å². The first-order valence-electron chi connectivity index (χ1n) is 47.8. The highest BCUT2D eigenvalue weighted by atomic mass is 35.5. The van der Waals surface area contributed by atoms with Crippen molar-refractivity contribution in [1.29, 1.82) is 0 Å². The number of primary amides is 1. The van der Waals surface area contributed by atoms with E-state index in [4.69, 9.17) is 69.4 Å². The average Bonchev–Trinajstić information content (AvgIpc) is 0.762. The van der Waals surface area contributed by atoms with Gasteiger partial charge in [-0.2, -0.15) is 0 Å². The molecule has 0 aromatic heterocycles. The lowest BCUT2D eigenvalue weighted by Gasteiger charge is -2.54. The Morgan fingerprint density at radius 3 is 1.76 bits per heavy atom. The zero-order valence-corrected chi connectivity index (χ0v) is 82.5. The van der Waals surface area contributed by atoms with Crippen molar-refractivity contribution < 1.29 is 151 Å². The molecule has 5 aromatic rings. The lowest BCUT2D eigenvalue weighted by Crippen LogP contribution is -2.66. The summed E-state index contributed by atoms with van der Waals surface area (Å²) < 4.78 is 70.7. The third-order valence-corrected chi connectivity index (χ3v) is 28.2. The normalized spacial score (nSPS) is 31.9. The van der Waals surface area contributed by atoms with Crippen LogP contribution >= 0.6 is 11.6 Å². The van der Waals surface area contributed by atoms with E-state index in [0.29, 0.717) is 11.8 Å². The maximum Gasteiger partial charge on any atom is 0.410 e. The minimum atomic E-state index is -2.29. The number of aromatic hydroxyl groups is 3. The van der Waals surface area contributed by atoms with Crippen LogP contribution in [0.1, 0.15) is 239 Å². The number of ketones is 3. The Morgan fingerprint density at radius 1 is 0.617 bits per heavy atom. The number of amides is 8. The zero-order valence-electron chi connectivity index (χ0n) is 81.7. The number of alkyl carbamates (subject to hydrolysis) is 2. The van der Waals surface area contributed by atoms with E-state index in [-0.39, 0.29) is 81.4 Å². The number of likely N-dealkylation sites (N-methyl/N-ethyl adjacent to an activating group) is 1. The fourth-order valence-corrected chi connectivity index (χ4v) is 21.5. The monoisotopic (exact) mass is 1990 g/mol. The van der Waals surface area contributed by atoms with Crippen LogP contribution in [0.25, 0.3) is 11.1 Å². The fourth-order valence-electron chi connectivity index (χ4n) is 21.3. The molecule has 13 unspecified atom stereocenters. The molecule has 15 bridgehead atoms. The number of nitrogens with one attached hydrogen (secondary N) is 6. The largest absolute Gasteiger partial charge is 0.508 e. The summed E-state index contributed by atoms with van der Waals surface area (Å²) >= 11 is 7.35. The van der Waals surface area contributed by atoms with Gasteiger partial charge in [-0.25, -0.2) is 14.4 Å². The topological polar surface area (TPSA) is 573 Å². The number of aliphatic hydroxyl groups is 6. The molecule has 17 N–H and O–H groups in total. The zero-order chi connectivity index (χ0) is 103. The molecule has 22 atom stereocenters. The number of halogens is 1. The number of rotatable bonds is 19. The van der Waals surface area contributed by atoms with Gasteiger partial charge in [0.2, 0.25) is 41.6 Å². The van der Waals surface area contributed by atoms with Crippen molar-refractivity contribution in [3.63, 3.8) is 0 Å². The second kappa shape index (κ2) is 41.7. The number of nitrogens with two attached hydrogens (primary N) is 1. The molecule has 0 spiro atoms. The summed E-state index contributed by atoms with van der Waals surface area (Å²) in [6, 6.07) is 7.02. The van der Waals surface area contributed by atoms with Gasteiger partial charge in [-0.3, -0.25) is 43.3 Å². The molecule has 5 aromatic carbocycles. The minimum absolute atomic E-state index is 0.0209. The van der Waals surface area contributed by atoms with Crippen LogP contribution in [0.4, 0.5) is 14.4 Å². The molecule has 8 aliphatic heterocycles. The predicted octanol–water partition coefficient (Wildman–Crippen LogP) is 9.39. The van der Waals surface area contributed by atoms with Crippen molar-refractivity contribution >= 4 is 76.8 Å². The van der Waals surface area contributed by atoms with Crippen LogP contribution in [0.15, 0.2) is 84.9 Å². The van der Waals surface area contributed by atoms with Crippen LogP contribution in [0.2, 0.25) is 5.02 Å². The molecule has 768 valence electrons. The van der Waals surface area contributed by atoms with Gasteiger partial charge in [-0.05, 0) is 246 Å². The molecule has 3 saturated heterocycles. The SMILES string of the molecule is CC(C)C[C@H](C(=O)N[C@H]1C(=O)C[C@@H](CC(N)=O)C(=O)N[C@H]2C(=O)C[C@H]3C(=O)N[C@@H](C(=O)N[C@H](C(=O)CC4C5CC6CC(C5)CC4C6)c4cc(O)cc(O)c4-c4cc3ccc4O)[C@H](OC3CC(C)(NC(=O)OC(C)(C)C)C(O)C(C)O3)c3ccc(cc3)Oc3cc2cc(c3OC2OC(CO)C(O)C(O)C2OC2CC(C)(NC(=O)OC(C)(C)C)C(O)C(C)O2)Oc2ccc(cc2Cl)[C@H]1O)N(C)C(=O)OC(C)(C)C. The van der Waals surface area contributed by atoms with Gasteiger partial charge in [0.25, 0.3) is 0 Å². The summed E-state index contributed by atoms with van der Waals surface area (Å²) in [7, 11) is 1.29. The summed E-state index contributed by atoms with van der Waals surface area (Å²) in [5, 5.41) is 125. The number of phenolic OH excluding ortho intramolecular Hbond substituents is 3. The molecule has 40 heteroatoms. The Kier molecular flexibility index (Phi) is 31.3. The van der Waals surface area contributed by atoms with Gasteiger partial charge in [0.1, 0.15) is 118 Å². The molecule has 4 aliphatic carbocycles. The van der Waals surface area contributed by atoms with E-state index in [2.05, 4.69) is 31.9 Å². The molecule has 12 aliphatic rings. The van der Waals surface area contributed by atoms with Gasteiger partial charge in [0.15, 0.2) is 47.5 Å². The number of ether oxygens (including phenoxy) is 11. The van der Waals surface area contributed by atoms with Gasteiger partial charge >= 0.3 is 18.3 Å². The summed E-state index contributed by atoms with van der Waals surface area (Å²) in [6.45, 7) is 22.9. The molecule has 8 amide bonds. The minimum Gasteiger partial charge on any atom is -0.508 e. The number of hydrogen-bond acceptors (Lipinski definition) is 31. The van der Waals surface area contributed by atoms with Gasteiger partial charge in [0.05, 0.1) is 46.8 Å². The molecule has 4 saturated carbocycles. The number of carbonyl (C=O) groups is 11. The first-order chi connectivity index (χ1) is 66.0. The van der Waals surface area contributed by atoms with E-state index in [0.717, 1.165) is 73.4 Å². The lowest BCUT2D eigenvalue weighted by atomic mass is 9.51. The molecular weight excluding hydrogens is 1860 g/mol. The Bertz CT molecular complexity index is 5540. The summed E-state index contributed by atoms with van der Waals surface area (Å²) in [5.74, 6) is -16.7. The third kappa shape index (κ3) is 24.0. The van der Waals surface area contributed by atoms with Crippen LogP contribution in [0, 0.1) is 41.4 Å². The quantitative estimate of drug-likeness (QED) is 0.0342. The van der Waals surface area contributed by atoms with E-state index in [1.54, 1.807) is 76.2 Å². The fraction of sp³-hybridized carbons (Fsp3) is 0.594. The molecule has 17 rings (SSSR count). The van der Waals surface area contributed by atoms with Crippen LogP contribution in [-0.4, -0.2) is 243 Å². The number of aliphatic hydroxyl groups excluding tert-OH is 6. The molecule has 0 radical (unpaired) electrons. The maximum atomic E-state index is 17.1. The van der Waals surface area contributed by atoms with Crippen molar-refractivity contribution in [1.82, 2.24) is 36.8 Å². The van der Waals surface area contributed by atoms with Crippen molar-refractivity contribution in [3.8, 4) is 57.1 Å². The summed E-state index contributed by atoms with van der Waals surface area (Å²) in [4.78, 5) is 170. The molecule has 141 heavy (non-hydrogen) atoms. The van der Waals surface area contributed by atoms with Gasteiger partial charge in [0, 0.05) is 62.8 Å². The summed E-state index contributed by atoms with van der Waals surface area (Å²) in [5.41, 5.74) is -2.23. The number of Topliss-reactive ketones (excluding diaryl/α,β-unsaturated/α-hetero) is 3. The predicted molar refractivity (Wildman–Crippen MR) is 501 cm³/mol. The summed E-state index contributed by atoms with van der Waals surface area (Å²) in [6.07, 6.45) is -25.3. The molecule has 8 heterocycles. The highest BCUT2D eigenvalue weighted by molar-refractivity contribution is 6.32. The highest BCUT2D eigenvalue weighted by Crippen LogP contribution is 2.59.